The van der Waals surface area contributed by atoms with E-state index in [9.17, 15) is 8.42 Å². The van der Waals surface area contributed by atoms with Crippen LogP contribution in [0.3, 0.4) is 0 Å². The summed E-state index contributed by atoms with van der Waals surface area (Å²) in [5.74, 6) is 0.159. The van der Waals surface area contributed by atoms with Crippen LogP contribution in [0, 0.1) is 0 Å². The monoisotopic (exact) mass is 223 g/mol. The molecule has 0 aromatic rings. The Kier molecular flexibility index (Phi) is 6.31. The van der Waals surface area contributed by atoms with Gasteiger partial charge in [0.25, 0.3) is 0 Å². The van der Waals surface area contributed by atoms with Crippen molar-refractivity contribution < 1.29 is 13.2 Å². The zero-order valence-corrected chi connectivity index (χ0v) is 10.0. The van der Waals surface area contributed by atoms with Gasteiger partial charge in [0.15, 0.2) is 9.84 Å². The Morgan fingerprint density at radius 3 is 2.29 bits per heavy atom. The van der Waals surface area contributed by atoms with Crippen LogP contribution >= 0.6 is 0 Å². The van der Waals surface area contributed by atoms with Gasteiger partial charge in [-0.25, -0.2) is 8.42 Å². The van der Waals surface area contributed by atoms with Gasteiger partial charge in [0.2, 0.25) is 0 Å². The molecule has 0 aromatic carbocycles. The predicted molar refractivity (Wildman–Crippen MR) is 58.0 cm³/mol. The van der Waals surface area contributed by atoms with Gasteiger partial charge in [-0.2, -0.15) is 0 Å². The Hall–Kier alpha value is -0.130. The molecule has 0 aliphatic rings. The molecule has 0 aliphatic heterocycles. The van der Waals surface area contributed by atoms with E-state index in [1.807, 2.05) is 6.92 Å². The molecule has 0 saturated heterocycles. The Bertz CT molecular complexity index is 236. The summed E-state index contributed by atoms with van der Waals surface area (Å²) in [5, 5.41) is -0.317. The maximum absolute atomic E-state index is 11.5. The molecule has 4 nitrogen and oxygen atoms in total. The predicted octanol–water partition coefficient (Wildman–Crippen LogP) is 0.563. The second-order valence-corrected chi connectivity index (χ2v) is 6.19. The summed E-state index contributed by atoms with van der Waals surface area (Å²) >= 11 is 0. The average molecular weight is 223 g/mol. The van der Waals surface area contributed by atoms with Crippen LogP contribution in [0.1, 0.15) is 27.2 Å². The van der Waals surface area contributed by atoms with Crippen molar-refractivity contribution in [2.24, 2.45) is 5.73 Å². The molecule has 86 valence electrons. The van der Waals surface area contributed by atoms with Crippen LogP contribution in [-0.2, 0) is 14.6 Å². The average Bonchev–Trinajstić information content (AvgIpc) is 2.12. The standard InChI is InChI=1S/C9H21NO3S/c1-4-13-9(7-10)5-6-14(11,12)8(2)3/h8-9H,4-7,10H2,1-3H3. The first-order valence-corrected chi connectivity index (χ1v) is 6.68. The molecule has 0 rings (SSSR count). The van der Waals surface area contributed by atoms with Crippen LogP contribution in [0.15, 0.2) is 0 Å². The van der Waals surface area contributed by atoms with Crippen molar-refractivity contribution in [3.05, 3.63) is 0 Å². The molecule has 5 heteroatoms. The minimum absolute atomic E-state index is 0.131. The van der Waals surface area contributed by atoms with Gasteiger partial charge in [-0.1, -0.05) is 0 Å². The summed E-state index contributed by atoms with van der Waals surface area (Å²) in [5.41, 5.74) is 5.44. The quantitative estimate of drug-likeness (QED) is 0.685. The summed E-state index contributed by atoms with van der Waals surface area (Å²) in [4.78, 5) is 0. The smallest absolute Gasteiger partial charge is 0.152 e. The van der Waals surface area contributed by atoms with E-state index >= 15 is 0 Å². The van der Waals surface area contributed by atoms with E-state index in [2.05, 4.69) is 0 Å². The van der Waals surface area contributed by atoms with Crippen molar-refractivity contribution in [2.45, 2.75) is 38.5 Å². The number of ether oxygens (including phenoxy) is 1. The van der Waals surface area contributed by atoms with Gasteiger partial charge in [-0.15, -0.1) is 0 Å². The second-order valence-electron chi connectivity index (χ2n) is 3.52. The lowest BCUT2D eigenvalue weighted by atomic mass is 10.3. The van der Waals surface area contributed by atoms with E-state index in [-0.39, 0.29) is 17.1 Å². The van der Waals surface area contributed by atoms with E-state index in [0.29, 0.717) is 19.6 Å². The highest BCUT2D eigenvalue weighted by Gasteiger charge is 2.18. The van der Waals surface area contributed by atoms with E-state index in [4.69, 9.17) is 10.5 Å². The van der Waals surface area contributed by atoms with Crippen molar-refractivity contribution in [2.75, 3.05) is 18.9 Å². The van der Waals surface area contributed by atoms with Crippen molar-refractivity contribution in [3.8, 4) is 0 Å². The molecule has 1 unspecified atom stereocenters. The van der Waals surface area contributed by atoms with Crippen LogP contribution in [0.25, 0.3) is 0 Å². The molecule has 0 saturated carbocycles. The van der Waals surface area contributed by atoms with Crippen LogP contribution in [-0.4, -0.2) is 38.7 Å². The third kappa shape index (κ3) is 4.93. The van der Waals surface area contributed by atoms with Gasteiger partial charge < -0.3 is 10.5 Å². The minimum atomic E-state index is -2.96. The van der Waals surface area contributed by atoms with Gasteiger partial charge in [-0.3, -0.25) is 0 Å². The number of nitrogens with two attached hydrogens (primary N) is 1. The molecule has 0 aliphatic carbocycles. The van der Waals surface area contributed by atoms with Gasteiger partial charge in [-0.05, 0) is 27.2 Å². The normalized spacial score (nSPS) is 14.6. The number of rotatable bonds is 7. The molecule has 0 spiro atoms. The minimum Gasteiger partial charge on any atom is -0.377 e. The van der Waals surface area contributed by atoms with E-state index in [1.165, 1.54) is 0 Å². The third-order valence-corrected chi connectivity index (χ3v) is 4.35. The van der Waals surface area contributed by atoms with Crippen LogP contribution in [0.4, 0.5) is 0 Å². The Morgan fingerprint density at radius 1 is 1.36 bits per heavy atom. The summed E-state index contributed by atoms with van der Waals surface area (Å²) in [7, 11) is -2.96. The number of sulfone groups is 1. The zero-order valence-electron chi connectivity index (χ0n) is 9.19. The van der Waals surface area contributed by atoms with Gasteiger partial charge in [0, 0.05) is 13.2 Å². The second kappa shape index (κ2) is 6.37. The van der Waals surface area contributed by atoms with Crippen molar-refractivity contribution >= 4 is 9.84 Å². The molecule has 14 heavy (non-hydrogen) atoms. The first kappa shape index (κ1) is 13.9. The van der Waals surface area contributed by atoms with Gasteiger partial charge >= 0.3 is 0 Å². The van der Waals surface area contributed by atoms with E-state index in [0.717, 1.165) is 0 Å². The Morgan fingerprint density at radius 2 is 1.93 bits per heavy atom. The molecule has 0 heterocycles. The highest BCUT2D eigenvalue weighted by atomic mass is 32.2. The highest BCUT2D eigenvalue weighted by Crippen LogP contribution is 2.06. The van der Waals surface area contributed by atoms with E-state index < -0.39 is 9.84 Å². The van der Waals surface area contributed by atoms with Crippen molar-refractivity contribution in [3.63, 3.8) is 0 Å². The fourth-order valence-corrected chi connectivity index (χ4v) is 2.10. The number of hydrogen-bond acceptors (Lipinski definition) is 4. The molecule has 0 amide bonds. The van der Waals surface area contributed by atoms with Crippen LogP contribution in [0.2, 0.25) is 0 Å². The largest absolute Gasteiger partial charge is 0.377 e. The molecule has 0 aromatic heterocycles. The fourth-order valence-electron chi connectivity index (χ4n) is 1.04. The SMILES string of the molecule is CCOC(CN)CCS(=O)(=O)C(C)C. The van der Waals surface area contributed by atoms with Gasteiger partial charge in [0.1, 0.15) is 0 Å². The first-order valence-electron chi connectivity index (χ1n) is 4.97. The summed E-state index contributed by atoms with van der Waals surface area (Å²) < 4.78 is 28.2. The maximum Gasteiger partial charge on any atom is 0.152 e. The molecule has 0 fully saturated rings. The van der Waals surface area contributed by atoms with Crippen molar-refractivity contribution in [1.29, 1.82) is 0 Å². The topological polar surface area (TPSA) is 69.4 Å². The molecular formula is C9H21NO3S. The molecule has 0 radical (unpaired) electrons. The number of hydrogen-bond donors (Lipinski definition) is 1. The van der Waals surface area contributed by atoms with Crippen molar-refractivity contribution in [1.82, 2.24) is 0 Å². The Balaban J connectivity index is 4.03. The lowest BCUT2D eigenvalue weighted by molar-refractivity contribution is 0.0670. The van der Waals surface area contributed by atoms with Crippen LogP contribution < -0.4 is 5.73 Å². The fraction of sp³-hybridized carbons (Fsp3) is 1.00. The maximum atomic E-state index is 11.5. The molecule has 2 N–H and O–H groups in total. The lowest BCUT2D eigenvalue weighted by Gasteiger charge is -2.15. The lowest BCUT2D eigenvalue weighted by Crippen LogP contribution is -2.28. The van der Waals surface area contributed by atoms with Gasteiger partial charge in [0.05, 0.1) is 17.1 Å². The Labute approximate surface area is 86.7 Å². The summed E-state index contributed by atoms with van der Waals surface area (Å²) in [6, 6.07) is 0. The molecular weight excluding hydrogens is 202 g/mol. The first-order chi connectivity index (χ1) is 6.44. The zero-order chi connectivity index (χ0) is 11.2. The highest BCUT2D eigenvalue weighted by molar-refractivity contribution is 7.91. The summed E-state index contributed by atoms with van der Waals surface area (Å²) in [6.07, 6.45) is 0.360. The molecule has 0 bridgehead atoms. The third-order valence-electron chi connectivity index (χ3n) is 2.11. The van der Waals surface area contributed by atoms with Crippen LogP contribution in [0.5, 0.6) is 0 Å². The summed E-state index contributed by atoms with van der Waals surface area (Å²) in [6.45, 7) is 6.20. The molecule has 1 atom stereocenters. The van der Waals surface area contributed by atoms with E-state index in [1.54, 1.807) is 13.8 Å².